The van der Waals surface area contributed by atoms with Crippen molar-refractivity contribution in [3.8, 4) is 5.75 Å². The molecule has 19 heavy (non-hydrogen) atoms. The van der Waals surface area contributed by atoms with Gasteiger partial charge in [-0.05, 0) is 49.4 Å². The molecule has 0 aliphatic heterocycles. The molecule has 0 saturated heterocycles. The average Bonchev–Trinajstić information content (AvgIpc) is 2.39. The summed E-state index contributed by atoms with van der Waals surface area (Å²) < 4.78 is 5.70. The fourth-order valence-electron chi connectivity index (χ4n) is 2.04. The van der Waals surface area contributed by atoms with Crippen molar-refractivity contribution in [2.45, 2.75) is 46.5 Å². The van der Waals surface area contributed by atoms with Gasteiger partial charge in [-0.2, -0.15) is 0 Å². The van der Waals surface area contributed by atoms with Gasteiger partial charge in [0.15, 0.2) is 0 Å². The number of nitrogens with one attached hydrogen (secondary N) is 1. The van der Waals surface area contributed by atoms with Gasteiger partial charge >= 0.3 is 0 Å². The standard InChI is InChI=1S/C17H29NO/c1-4-6-16-8-10-17(11-9-16)19-14-13-18-12-5-7-15(2)3/h8-11,15,18H,4-7,12-14H2,1-3H3. The lowest BCUT2D eigenvalue weighted by Gasteiger charge is -2.09. The van der Waals surface area contributed by atoms with Crippen LogP contribution in [-0.4, -0.2) is 19.7 Å². The summed E-state index contributed by atoms with van der Waals surface area (Å²) in [6, 6.07) is 8.47. The van der Waals surface area contributed by atoms with Crippen molar-refractivity contribution in [3.05, 3.63) is 29.8 Å². The molecule has 0 atom stereocenters. The molecule has 0 aromatic heterocycles. The molecular weight excluding hydrogens is 234 g/mol. The van der Waals surface area contributed by atoms with Crippen LogP contribution in [0.15, 0.2) is 24.3 Å². The lowest BCUT2D eigenvalue weighted by molar-refractivity contribution is 0.313. The van der Waals surface area contributed by atoms with Crippen LogP contribution in [0.1, 0.15) is 45.6 Å². The van der Waals surface area contributed by atoms with E-state index in [2.05, 4.69) is 50.4 Å². The van der Waals surface area contributed by atoms with E-state index in [1.165, 1.54) is 24.8 Å². The first-order valence-corrected chi connectivity index (χ1v) is 7.64. The van der Waals surface area contributed by atoms with E-state index in [-0.39, 0.29) is 0 Å². The van der Waals surface area contributed by atoms with E-state index in [4.69, 9.17) is 4.74 Å². The third-order valence-corrected chi connectivity index (χ3v) is 3.14. The Bertz CT molecular complexity index is 319. The zero-order chi connectivity index (χ0) is 13.9. The molecule has 0 fully saturated rings. The molecule has 2 nitrogen and oxygen atoms in total. The van der Waals surface area contributed by atoms with Crippen molar-refractivity contribution >= 4 is 0 Å². The first kappa shape index (κ1) is 16.0. The van der Waals surface area contributed by atoms with Crippen molar-refractivity contribution in [1.82, 2.24) is 5.32 Å². The molecule has 0 bridgehead atoms. The van der Waals surface area contributed by atoms with Crippen molar-refractivity contribution < 1.29 is 4.74 Å². The second-order valence-corrected chi connectivity index (χ2v) is 5.53. The molecule has 1 N–H and O–H groups in total. The lowest BCUT2D eigenvalue weighted by Crippen LogP contribution is -2.22. The number of ether oxygens (including phenoxy) is 1. The molecule has 108 valence electrons. The quantitative estimate of drug-likeness (QED) is 0.643. The van der Waals surface area contributed by atoms with Crippen LogP contribution in [0.5, 0.6) is 5.75 Å². The first-order chi connectivity index (χ1) is 9.22. The topological polar surface area (TPSA) is 21.3 Å². The van der Waals surface area contributed by atoms with Crippen LogP contribution < -0.4 is 10.1 Å². The van der Waals surface area contributed by atoms with Gasteiger partial charge in [0.2, 0.25) is 0 Å². The Balaban J connectivity index is 2.05. The van der Waals surface area contributed by atoms with E-state index in [0.717, 1.165) is 37.8 Å². The Kier molecular flexibility index (Phi) is 8.31. The van der Waals surface area contributed by atoms with E-state index < -0.39 is 0 Å². The van der Waals surface area contributed by atoms with Crippen LogP contribution in [-0.2, 0) is 6.42 Å². The van der Waals surface area contributed by atoms with E-state index in [1.807, 2.05) is 0 Å². The lowest BCUT2D eigenvalue weighted by atomic mass is 10.1. The molecule has 0 aliphatic carbocycles. The molecule has 0 radical (unpaired) electrons. The van der Waals surface area contributed by atoms with Gasteiger partial charge in [-0.1, -0.05) is 39.3 Å². The molecule has 0 spiro atoms. The fraction of sp³-hybridized carbons (Fsp3) is 0.647. The van der Waals surface area contributed by atoms with E-state index in [0.29, 0.717) is 0 Å². The predicted octanol–water partition coefficient (Wildman–Crippen LogP) is 4.04. The van der Waals surface area contributed by atoms with Gasteiger partial charge in [-0.15, -0.1) is 0 Å². The Morgan fingerprint density at radius 1 is 1.11 bits per heavy atom. The van der Waals surface area contributed by atoms with Crippen molar-refractivity contribution in [1.29, 1.82) is 0 Å². The molecule has 0 aliphatic rings. The van der Waals surface area contributed by atoms with E-state index >= 15 is 0 Å². The highest BCUT2D eigenvalue weighted by molar-refractivity contribution is 5.27. The highest BCUT2D eigenvalue weighted by Crippen LogP contribution is 2.13. The first-order valence-electron chi connectivity index (χ1n) is 7.64. The summed E-state index contributed by atoms with van der Waals surface area (Å²) in [5.41, 5.74) is 1.39. The normalized spacial score (nSPS) is 10.9. The molecule has 1 aromatic carbocycles. The zero-order valence-corrected chi connectivity index (χ0v) is 12.7. The number of benzene rings is 1. The van der Waals surface area contributed by atoms with Crippen molar-refractivity contribution in [2.24, 2.45) is 5.92 Å². The third-order valence-electron chi connectivity index (χ3n) is 3.14. The maximum Gasteiger partial charge on any atom is 0.119 e. The van der Waals surface area contributed by atoms with Crippen LogP contribution in [0.3, 0.4) is 0 Å². The summed E-state index contributed by atoms with van der Waals surface area (Å²) in [5, 5.41) is 3.42. The van der Waals surface area contributed by atoms with E-state index in [9.17, 15) is 0 Å². The van der Waals surface area contributed by atoms with Crippen LogP contribution >= 0.6 is 0 Å². The predicted molar refractivity (Wildman–Crippen MR) is 82.9 cm³/mol. The van der Waals surface area contributed by atoms with Gasteiger partial charge in [0.1, 0.15) is 12.4 Å². The Morgan fingerprint density at radius 2 is 1.84 bits per heavy atom. The average molecular weight is 263 g/mol. The van der Waals surface area contributed by atoms with Gasteiger partial charge in [0, 0.05) is 6.54 Å². The van der Waals surface area contributed by atoms with Gasteiger partial charge in [0.05, 0.1) is 0 Å². The minimum Gasteiger partial charge on any atom is -0.492 e. The van der Waals surface area contributed by atoms with Crippen LogP contribution in [0.4, 0.5) is 0 Å². The molecule has 0 amide bonds. The van der Waals surface area contributed by atoms with Crippen LogP contribution in [0.2, 0.25) is 0 Å². The summed E-state index contributed by atoms with van der Waals surface area (Å²) >= 11 is 0. The second-order valence-electron chi connectivity index (χ2n) is 5.53. The SMILES string of the molecule is CCCc1ccc(OCCNCCCC(C)C)cc1. The zero-order valence-electron chi connectivity index (χ0n) is 12.7. The highest BCUT2D eigenvalue weighted by Gasteiger charge is 1.96. The third kappa shape index (κ3) is 7.89. The summed E-state index contributed by atoms with van der Waals surface area (Å²) in [6.45, 7) is 9.51. The molecule has 2 heteroatoms. The smallest absolute Gasteiger partial charge is 0.119 e. The maximum absolute atomic E-state index is 5.70. The fourth-order valence-corrected chi connectivity index (χ4v) is 2.04. The number of hydrogen-bond acceptors (Lipinski definition) is 2. The molecular formula is C17H29NO. The highest BCUT2D eigenvalue weighted by atomic mass is 16.5. The monoisotopic (exact) mass is 263 g/mol. The molecule has 0 heterocycles. The van der Waals surface area contributed by atoms with Gasteiger partial charge in [-0.25, -0.2) is 0 Å². The minimum atomic E-state index is 0.745. The van der Waals surface area contributed by atoms with Gasteiger partial charge < -0.3 is 10.1 Å². The minimum absolute atomic E-state index is 0.745. The van der Waals surface area contributed by atoms with Crippen molar-refractivity contribution in [2.75, 3.05) is 19.7 Å². The molecule has 1 rings (SSSR count). The second kappa shape index (κ2) is 9.85. The molecule has 0 unspecified atom stereocenters. The maximum atomic E-state index is 5.70. The number of rotatable bonds is 10. The summed E-state index contributed by atoms with van der Waals surface area (Å²) in [4.78, 5) is 0. The number of hydrogen-bond donors (Lipinski definition) is 1. The Hall–Kier alpha value is -1.02. The summed E-state index contributed by atoms with van der Waals surface area (Å²) in [7, 11) is 0. The Morgan fingerprint density at radius 3 is 2.47 bits per heavy atom. The van der Waals surface area contributed by atoms with Gasteiger partial charge in [-0.3, -0.25) is 0 Å². The molecule has 1 aromatic rings. The molecule has 0 saturated carbocycles. The van der Waals surface area contributed by atoms with Crippen LogP contribution in [0, 0.1) is 5.92 Å². The summed E-state index contributed by atoms with van der Waals surface area (Å²) in [5.74, 6) is 1.78. The van der Waals surface area contributed by atoms with Crippen molar-refractivity contribution in [3.63, 3.8) is 0 Å². The largest absolute Gasteiger partial charge is 0.492 e. The van der Waals surface area contributed by atoms with Crippen LogP contribution in [0.25, 0.3) is 0 Å². The van der Waals surface area contributed by atoms with Gasteiger partial charge in [0.25, 0.3) is 0 Å². The number of aryl methyl sites for hydroxylation is 1. The van der Waals surface area contributed by atoms with E-state index in [1.54, 1.807) is 0 Å². The summed E-state index contributed by atoms with van der Waals surface area (Å²) in [6.07, 6.45) is 4.90. The Labute approximate surface area is 118 Å².